The van der Waals surface area contributed by atoms with Gasteiger partial charge in [-0.1, -0.05) is 19.0 Å². The van der Waals surface area contributed by atoms with E-state index in [1.807, 2.05) is 0 Å². The third-order valence-electron chi connectivity index (χ3n) is 4.07. The average molecular weight is 347 g/mol. The van der Waals surface area contributed by atoms with Crippen LogP contribution in [-0.4, -0.2) is 30.6 Å². The predicted octanol–water partition coefficient (Wildman–Crippen LogP) is 3.31. The molecule has 0 saturated heterocycles. The number of nitrogens with zero attached hydrogens (tertiary/aromatic N) is 2. The van der Waals surface area contributed by atoms with Gasteiger partial charge in [-0.3, -0.25) is 0 Å². The Balaban J connectivity index is 1.68. The molecule has 5 nitrogen and oxygen atoms in total. The smallest absolute Gasteiger partial charge is 0.236 e. The lowest BCUT2D eigenvalue weighted by molar-refractivity contribution is 0.216. The molecule has 0 bridgehead atoms. The molecule has 2 rings (SSSR count). The zero-order valence-corrected chi connectivity index (χ0v) is 15.3. The van der Waals surface area contributed by atoms with Crippen molar-refractivity contribution in [3.63, 3.8) is 0 Å². The molecular formula is C15H26N2O3S2. The Morgan fingerprint density at radius 2 is 1.91 bits per heavy atom. The molecule has 0 radical (unpaired) electrons. The number of hydrogen-bond donors (Lipinski definition) is 0. The summed E-state index contributed by atoms with van der Waals surface area (Å²) in [6.07, 6.45) is 6.48. The minimum absolute atomic E-state index is 0.154. The van der Waals surface area contributed by atoms with Crippen LogP contribution >= 0.6 is 11.8 Å². The van der Waals surface area contributed by atoms with Gasteiger partial charge in [-0.25, -0.2) is 8.42 Å². The topological polar surface area (TPSA) is 73.1 Å². The summed E-state index contributed by atoms with van der Waals surface area (Å²) in [4.78, 5) is 4.13. The third kappa shape index (κ3) is 6.28. The molecule has 3 atom stereocenters. The van der Waals surface area contributed by atoms with Gasteiger partial charge in [0.05, 0.1) is 5.75 Å². The minimum atomic E-state index is -3.11. The van der Waals surface area contributed by atoms with Gasteiger partial charge in [0, 0.05) is 6.26 Å². The number of aromatic nitrogens is 2. The molecule has 1 aromatic heterocycles. The van der Waals surface area contributed by atoms with Gasteiger partial charge in [-0.05, 0) is 49.2 Å². The predicted molar refractivity (Wildman–Crippen MR) is 89.3 cm³/mol. The number of thioether (sulfide) groups is 1. The molecule has 1 saturated carbocycles. The second-order valence-electron chi connectivity index (χ2n) is 6.80. The maximum atomic E-state index is 11.2. The Labute approximate surface area is 137 Å². The van der Waals surface area contributed by atoms with Crippen LogP contribution in [0.25, 0.3) is 0 Å². The molecule has 1 aliphatic carbocycles. The number of hydrogen-bond acceptors (Lipinski definition) is 6. The lowest BCUT2D eigenvalue weighted by Crippen LogP contribution is -2.19. The van der Waals surface area contributed by atoms with E-state index in [1.165, 1.54) is 31.9 Å². The van der Waals surface area contributed by atoms with Crippen LogP contribution in [0, 0.1) is 17.8 Å². The monoisotopic (exact) mass is 346 g/mol. The van der Waals surface area contributed by atoms with Gasteiger partial charge in [0.15, 0.2) is 15.7 Å². The van der Waals surface area contributed by atoms with Crippen molar-refractivity contribution in [3.05, 3.63) is 11.7 Å². The Morgan fingerprint density at radius 1 is 1.23 bits per heavy atom. The Hall–Kier alpha value is -0.560. The van der Waals surface area contributed by atoms with Crippen LogP contribution in [0.3, 0.4) is 0 Å². The van der Waals surface area contributed by atoms with Gasteiger partial charge in [-0.2, -0.15) is 16.7 Å². The van der Waals surface area contributed by atoms with Gasteiger partial charge < -0.3 is 4.52 Å². The second kappa shape index (κ2) is 7.81. The molecule has 1 fully saturated rings. The summed E-state index contributed by atoms with van der Waals surface area (Å²) in [7, 11) is -3.11. The van der Waals surface area contributed by atoms with E-state index in [0.29, 0.717) is 11.6 Å². The van der Waals surface area contributed by atoms with Crippen molar-refractivity contribution in [1.82, 2.24) is 10.1 Å². The Morgan fingerprint density at radius 3 is 2.55 bits per heavy atom. The van der Waals surface area contributed by atoms with Crippen LogP contribution in [0.5, 0.6) is 0 Å². The van der Waals surface area contributed by atoms with Crippen LogP contribution in [-0.2, 0) is 21.3 Å². The maximum absolute atomic E-state index is 11.2. The average Bonchev–Trinajstić information content (AvgIpc) is 2.79. The molecule has 1 aromatic rings. The normalized spacial score (nSPS) is 26.2. The SMILES string of the molecule is C[C@@H]1CC(CCSCc2nc(CS(C)(=O)=O)no2)C[C@H](C)C1. The van der Waals surface area contributed by atoms with Crippen molar-refractivity contribution in [2.45, 2.75) is 51.0 Å². The van der Waals surface area contributed by atoms with E-state index in [2.05, 4.69) is 24.0 Å². The number of rotatable bonds is 7. The van der Waals surface area contributed by atoms with E-state index >= 15 is 0 Å². The first-order chi connectivity index (χ1) is 10.3. The summed E-state index contributed by atoms with van der Waals surface area (Å²) in [6.45, 7) is 4.72. The quantitative estimate of drug-likeness (QED) is 0.705. The zero-order valence-electron chi connectivity index (χ0n) is 13.6. The molecule has 1 unspecified atom stereocenters. The van der Waals surface area contributed by atoms with Gasteiger partial charge in [0.1, 0.15) is 5.75 Å². The Bertz CT molecular complexity index is 561. The standard InChI is InChI=1S/C15H26N2O3S2/c1-11-6-12(2)8-13(7-11)4-5-21-9-15-16-14(17-20-15)10-22(3,18)19/h11-13H,4-10H2,1-3H3/t11-,12+,13?. The first-order valence-electron chi connectivity index (χ1n) is 7.88. The maximum Gasteiger partial charge on any atom is 0.236 e. The van der Waals surface area contributed by atoms with Crippen LogP contribution in [0.1, 0.15) is 51.2 Å². The van der Waals surface area contributed by atoms with Crippen LogP contribution in [0.4, 0.5) is 0 Å². The zero-order chi connectivity index (χ0) is 16.2. The lowest BCUT2D eigenvalue weighted by atomic mass is 9.76. The van der Waals surface area contributed by atoms with Crippen LogP contribution in [0.2, 0.25) is 0 Å². The van der Waals surface area contributed by atoms with E-state index in [9.17, 15) is 8.42 Å². The highest BCUT2D eigenvalue weighted by Crippen LogP contribution is 2.35. The van der Waals surface area contributed by atoms with Crippen molar-refractivity contribution in [3.8, 4) is 0 Å². The molecule has 1 aliphatic rings. The first kappa shape index (κ1) is 17.8. The van der Waals surface area contributed by atoms with Crippen LogP contribution in [0.15, 0.2) is 4.52 Å². The second-order valence-corrected chi connectivity index (χ2v) is 10.0. The molecule has 0 N–H and O–H groups in total. The summed E-state index contributed by atoms with van der Waals surface area (Å²) in [6, 6.07) is 0. The molecule has 0 aliphatic heterocycles. The molecule has 22 heavy (non-hydrogen) atoms. The highest BCUT2D eigenvalue weighted by Gasteiger charge is 2.23. The van der Waals surface area contributed by atoms with Crippen LogP contribution < -0.4 is 0 Å². The van der Waals surface area contributed by atoms with Gasteiger partial charge in [0.2, 0.25) is 5.89 Å². The lowest BCUT2D eigenvalue weighted by Gasteiger charge is -2.31. The number of sulfone groups is 1. The van der Waals surface area contributed by atoms with Crippen molar-refractivity contribution < 1.29 is 12.9 Å². The summed E-state index contributed by atoms with van der Waals surface area (Å²) < 4.78 is 27.4. The Kier molecular flexibility index (Phi) is 6.32. The first-order valence-corrected chi connectivity index (χ1v) is 11.1. The molecule has 0 amide bonds. The largest absolute Gasteiger partial charge is 0.338 e. The molecular weight excluding hydrogens is 320 g/mol. The summed E-state index contributed by atoms with van der Waals surface area (Å²) in [5.74, 6) is 4.93. The van der Waals surface area contributed by atoms with E-state index in [1.54, 1.807) is 11.8 Å². The van der Waals surface area contributed by atoms with E-state index in [-0.39, 0.29) is 11.6 Å². The fraction of sp³-hybridized carbons (Fsp3) is 0.867. The van der Waals surface area contributed by atoms with E-state index < -0.39 is 9.84 Å². The van der Waals surface area contributed by atoms with Crippen molar-refractivity contribution in [1.29, 1.82) is 0 Å². The van der Waals surface area contributed by atoms with Crippen molar-refractivity contribution in [2.24, 2.45) is 17.8 Å². The highest BCUT2D eigenvalue weighted by molar-refractivity contribution is 7.98. The molecule has 126 valence electrons. The molecule has 7 heteroatoms. The summed E-state index contributed by atoms with van der Waals surface area (Å²) in [5, 5.41) is 3.71. The molecule has 1 heterocycles. The molecule has 0 aromatic carbocycles. The van der Waals surface area contributed by atoms with E-state index in [4.69, 9.17) is 4.52 Å². The molecule has 0 spiro atoms. The third-order valence-corrected chi connectivity index (χ3v) is 5.83. The van der Waals surface area contributed by atoms with E-state index in [0.717, 1.165) is 23.5 Å². The van der Waals surface area contributed by atoms with Crippen molar-refractivity contribution >= 4 is 21.6 Å². The summed E-state index contributed by atoms with van der Waals surface area (Å²) >= 11 is 1.79. The van der Waals surface area contributed by atoms with Gasteiger partial charge in [-0.15, -0.1) is 0 Å². The fourth-order valence-electron chi connectivity index (χ4n) is 3.40. The van der Waals surface area contributed by atoms with Gasteiger partial charge in [0.25, 0.3) is 0 Å². The fourth-order valence-corrected chi connectivity index (χ4v) is 4.92. The summed E-state index contributed by atoms with van der Waals surface area (Å²) in [5.41, 5.74) is 0. The van der Waals surface area contributed by atoms with Gasteiger partial charge >= 0.3 is 0 Å². The van der Waals surface area contributed by atoms with Crippen molar-refractivity contribution in [2.75, 3.05) is 12.0 Å². The minimum Gasteiger partial charge on any atom is -0.338 e. The highest BCUT2D eigenvalue weighted by atomic mass is 32.2.